The summed E-state index contributed by atoms with van der Waals surface area (Å²) in [4.78, 5) is 15.4. The molecule has 6 nitrogen and oxygen atoms in total. The highest BCUT2D eigenvalue weighted by Gasteiger charge is 2.31. The molecule has 4 rings (SSSR count). The number of hydrogen-bond donors (Lipinski definition) is 1. The maximum absolute atomic E-state index is 14.3. The van der Waals surface area contributed by atoms with Gasteiger partial charge in [0.25, 0.3) is 0 Å². The fourth-order valence-corrected chi connectivity index (χ4v) is 4.86. The van der Waals surface area contributed by atoms with Gasteiger partial charge in [-0.15, -0.1) is 0 Å². The number of aliphatic carboxylic acids is 1. The lowest BCUT2D eigenvalue weighted by molar-refractivity contribution is -0.137. The van der Waals surface area contributed by atoms with Gasteiger partial charge in [0.05, 0.1) is 25.8 Å². The highest BCUT2D eigenvalue weighted by molar-refractivity contribution is 5.69. The van der Waals surface area contributed by atoms with Crippen molar-refractivity contribution in [3.63, 3.8) is 0 Å². The van der Waals surface area contributed by atoms with E-state index in [0.29, 0.717) is 29.9 Å². The third kappa shape index (κ3) is 5.09. The number of carboxylic acids is 1. The molecule has 1 N–H and O–H groups in total. The van der Waals surface area contributed by atoms with Crippen molar-refractivity contribution in [3.8, 4) is 11.5 Å². The molecule has 3 atom stereocenters. The molecule has 2 aliphatic heterocycles. The van der Waals surface area contributed by atoms with Crippen LogP contribution in [0, 0.1) is 17.7 Å². The number of ether oxygens (including phenoxy) is 2. The maximum atomic E-state index is 14.3. The second-order valence-corrected chi connectivity index (χ2v) is 8.97. The van der Waals surface area contributed by atoms with E-state index in [9.17, 15) is 14.3 Å². The summed E-state index contributed by atoms with van der Waals surface area (Å²) < 4.78 is 25.5. The second kappa shape index (κ2) is 9.67. The van der Waals surface area contributed by atoms with E-state index in [4.69, 9.17) is 9.47 Å². The summed E-state index contributed by atoms with van der Waals surface area (Å²) in [5.74, 6) is 1.25. The van der Waals surface area contributed by atoms with Gasteiger partial charge in [-0.3, -0.25) is 4.79 Å². The molecule has 2 heterocycles. The van der Waals surface area contributed by atoms with Gasteiger partial charge in [-0.05, 0) is 55.2 Å². The van der Waals surface area contributed by atoms with Crippen molar-refractivity contribution in [2.45, 2.75) is 32.2 Å². The normalized spacial score (nSPS) is 22.9. The minimum Gasteiger partial charge on any atom is -0.497 e. The SMILES string of the molecule is COc1ccc(F)c(N2CC[C@H](COc3ccc(N4C[C@H](C)C[C@@H]4CC(=O)O)cc3)C2)c1. The Balaban J connectivity index is 1.32. The third-order valence-corrected chi connectivity index (χ3v) is 6.47. The van der Waals surface area contributed by atoms with Crippen LogP contribution in [-0.4, -0.2) is 50.5 Å². The van der Waals surface area contributed by atoms with Crippen molar-refractivity contribution in [2.24, 2.45) is 11.8 Å². The summed E-state index contributed by atoms with van der Waals surface area (Å²) >= 11 is 0. The molecule has 172 valence electrons. The Hall–Kier alpha value is -2.96. The van der Waals surface area contributed by atoms with Gasteiger partial charge in [-0.1, -0.05) is 6.92 Å². The standard InChI is InChI=1S/C25H31FN2O4/c1-17-11-20(12-25(29)30)28(14-17)19-3-5-21(6-4-19)32-16-18-9-10-27(15-18)24-13-22(31-2)7-8-23(24)26/h3-8,13,17-18,20H,9-12,14-16H2,1-2H3,(H,29,30)/t17-,18+,20-/m1/s1. The number of rotatable bonds is 8. The van der Waals surface area contributed by atoms with E-state index in [1.165, 1.54) is 6.07 Å². The van der Waals surface area contributed by atoms with Crippen LogP contribution in [-0.2, 0) is 4.79 Å². The van der Waals surface area contributed by atoms with Crippen LogP contribution in [0.15, 0.2) is 42.5 Å². The minimum atomic E-state index is -0.756. The predicted molar refractivity (Wildman–Crippen MR) is 122 cm³/mol. The molecule has 0 unspecified atom stereocenters. The van der Waals surface area contributed by atoms with Crippen molar-refractivity contribution < 1.29 is 23.8 Å². The molecule has 2 saturated heterocycles. The first-order valence-electron chi connectivity index (χ1n) is 11.2. The molecule has 0 amide bonds. The molecule has 2 aliphatic rings. The molecular formula is C25H31FN2O4. The van der Waals surface area contributed by atoms with Crippen LogP contribution in [0.5, 0.6) is 11.5 Å². The van der Waals surface area contributed by atoms with Crippen LogP contribution < -0.4 is 19.3 Å². The Morgan fingerprint density at radius 2 is 1.91 bits per heavy atom. The fraction of sp³-hybridized carbons (Fsp3) is 0.480. The molecule has 0 aromatic heterocycles. The molecule has 0 radical (unpaired) electrons. The van der Waals surface area contributed by atoms with Gasteiger partial charge in [0.15, 0.2) is 0 Å². The third-order valence-electron chi connectivity index (χ3n) is 6.47. The summed E-state index contributed by atoms with van der Waals surface area (Å²) in [7, 11) is 1.58. The van der Waals surface area contributed by atoms with Crippen LogP contribution in [0.4, 0.5) is 15.8 Å². The van der Waals surface area contributed by atoms with Crippen molar-refractivity contribution >= 4 is 17.3 Å². The zero-order chi connectivity index (χ0) is 22.7. The Kier molecular flexibility index (Phi) is 6.72. The Labute approximate surface area is 188 Å². The van der Waals surface area contributed by atoms with E-state index in [0.717, 1.165) is 43.9 Å². The first-order chi connectivity index (χ1) is 15.4. The first-order valence-corrected chi connectivity index (χ1v) is 11.2. The van der Waals surface area contributed by atoms with Crippen LogP contribution >= 0.6 is 0 Å². The van der Waals surface area contributed by atoms with Gasteiger partial charge in [0, 0.05) is 43.3 Å². The van der Waals surface area contributed by atoms with Crippen molar-refractivity contribution in [1.82, 2.24) is 0 Å². The van der Waals surface area contributed by atoms with E-state index in [1.807, 2.05) is 29.2 Å². The van der Waals surface area contributed by atoms with Gasteiger partial charge in [-0.2, -0.15) is 0 Å². The monoisotopic (exact) mass is 442 g/mol. The zero-order valence-electron chi connectivity index (χ0n) is 18.7. The molecule has 2 aromatic rings. The quantitative estimate of drug-likeness (QED) is 0.653. The van der Waals surface area contributed by atoms with Gasteiger partial charge < -0.3 is 24.4 Å². The Bertz CT molecular complexity index is 936. The van der Waals surface area contributed by atoms with Gasteiger partial charge in [0.2, 0.25) is 0 Å². The Morgan fingerprint density at radius 3 is 2.62 bits per heavy atom. The summed E-state index contributed by atoms with van der Waals surface area (Å²) in [5.41, 5.74) is 1.61. The number of methoxy groups -OCH3 is 1. The highest BCUT2D eigenvalue weighted by Crippen LogP contribution is 2.33. The first kappa shape index (κ1) is 22.2. The average Bonchev–Trinajstić information content (AvgIpc) is 3.39. The van der Waals surface area contributed by atoms with Gasteiger partial charge in [-0.25, -0.2) is 4.39 Å². The van der Waals surface area contributed by atoms with Crippen molar-refractivity contribution in [2.75, 3.05) is 43.2 Å². The van der Waals surface area contributed by atoms with Crippen molar-refractivity contribution in [1.29, 1.82) is 0 Å². The van der Waals surface area contributed by atoms with Crippen LogP contribution in [0.2, 0.25) is 0 Å². The topological polar surface area (TPSA) is 62.2 Å². The number of hydrogen-bond acceptors (Lipinski definition) is 5. The number of benzene rings is 2. The summed E-state index contributed by atoms with van der Waals surface area (Å²) in [6, 6.07) is 12.8. The number of carbonyl (C=O) groups is 1. The van der Waals surface area contributed by atoms with Gasteiger partial charge in [0.1, 0.15) is 17.3 Å². The lowest BCUT2D eigenvalue weighted by Crippen LogP contribution is -2.31. The molecule has 0 bridgehead atoms. The predicted octanol–water partition coefficient (Wildman–Crippen LogP) is 4.43. The van der Waals surface area contributed by atoms with Crippen LogP contribution in [0.3, 0.4) is 0 Å². The molecule has 2 aromatic carbocycles. The summed E-state index contributed by atoms with van der Waals surface area (Å²) in [6.07, 6.45) is 2.00. The molecule has 32 heavy (non-hydrogen) atoms. The lowest BCUT2D eigenvalue weighted by atomic mass is 10.1. The molecule has 0 spiro atoms. The number of nitrogens with zero attached hydrogens (tertiary/aromatic N) is 2. The highest BCUT2D eigenvalue weighted by atomic mass is 19.1. The minimum absolute atomic E-state index is 0.0377. The van der Waals surface area contributed by atoms with E-state index >= 15 is 0 Å². The van der Waals surface area contributed by atoms with E-state index < -0.39 is 5.97 Å². The Morgan fingerprint density at radius 1 is 1.16 bits per heavy atom. The molecule has 0 saturated carbocycles. The van der Waals surface area contributed by atoms with E-state index in [-0.39, 0.29) is 18.3 Å². The molecule has 0 aliphatic carbocycles. The van der Waals surface area contributed by atoms with Crippen molar-refractivity contribution in [3.05, 3.63) is 48.3 Å². The summed E-state index contributed by atoms with van der Waals surface area (Å²) in [5, 5.41) is 9.20. The maximum Gasteiger partial charge on any atom is 0.305 e. The number of carboxylic acid groups (broad SMARTS) is 1. The zero-order valence-corrected chi connectivity index (χ0v) is 18.7. The largest absolute Gasteiger partial charge is 0.497 e. The average molecular weight is 443 g/mol. The van der Waals surface area contributed by atoms with E-state index in [1.54, 1.807) is 19.2 Å². The second-order valence-electron chi connectivity index (χ2n) is 8.97. The lowest BCUT2D eigenvalue weighted by Gasteiger charge is -2.26. The fourth-order valence-electron chi connectivity index (χ4n) is 4.86. The molecule has 7 heteroatoms. The smallest absolute Gasteiger partial charge is 0.305 e. The number of anilines is 2. The molecular weight excluding hydrogens is 411 g/mol. The summed E-state index contributed by atoms with van der Waals surface area (Å²) in [6.45, 7) is 5.13. The van der Waals surface area contributed by atoms with Crippen LogP contribution in [0.1, 0.15) is 26.2 Å². The number of halogens is 1. The van der Waals surface area contributed by atoms with E-state index in [2.05, 4.69) is 11.8 Å². The molecule has 2 fully saturated rings. The van der Waals surface area contributed by atoms with Gasteiger partial charge >= 0.3 is 5.97 Å². The van der Waals surface area contributed by atoms with Crippen LogP contribution in [0.25, 0.3) is 0 Å².